The maximum absolute atomic E-state index is 12.4. The molecule has 0 radical (unpaired) electrons. The Kier molecular flexibility index (Phi) is 7.55. The van der Waals surface area contributed by atoms with Crippen molar-refractivity contribution in [2.24, 2.45) is 0 Å². The lowest BCUT2D eigenvalue weighted by Crippen LogP contribution is -2.28. The zero-order valence-corrected chi connectivity index (χ0v) is 17.9. The van der Waals surface area contributed by atoms with Gasteiger partial charge in [0.1, 0.15) is 0 Å². The number of fused-ring (bicyclic) bond motifs is 1. The third-order valence-corrected chi connectivity index (χ3v) is 7.38. The summed E-state index contributed by atoms with van der Waals surface area (Å²) in [6.45, 7) is 4.21. The molecule has 1 heterocycles. The van der Waals surface area contributed by atoms with E-state index in [0.29, 0.717) is 5.75 Å². The first-order valence-electron chi connectivity index (χ1n) is 9.03. The Bertz CT molecular complexity index is 892. The van der Waals surface area contributed by atoms with Crippen LogP contribution in [0.2, 0.25) is 0 Å². The molecule has 1 atom stereocenters. The SMILES string of the molecule is CCCCSc1nnc(SCC(=O)N[C@H](C)c2cccc3ccccc23)s1. The predicted molar refractivity (Wildman–Crippen MR) is 117 cm³/mol. The van der Waals surface area contributed by atoms with E-state index in [1.165, 1.54) is 35.4 Å². The molecule has 1 amide bonds. The molecular formula is C20H23N3OS3. The molecule has 3 aromatic rings. The number of nitrogens with one attached hydrogen (secondary N) is 1. The first-order valence-corrected chi connectivity index (χ1v) is 11.8. The highest BCUT2D eigenvalue weighted by Gasteiger charge is 2.14. The maximum atomic E-state index is 12.4. The third-order valence-electron chi connectivity index (χ3n) is 4.11. The fourth-order valence-corrected chi connectivity index (χ4v) is 5.72. The fourth-order valence-electron chi connectivity index (χ4n) is 2.73. The molecule has 7 heteroatoms. The molecule has 3 rings (SSSR count). The molecule has 0 spiro atoms. The highest BCUT2D eigenvalue weighted by molar-refractivity contribution is 8.03. The van der Waals surface area contributed by atoms with Crippen LogP contribution < -0.4 is 5.32 Å². The van der Waals surface area contributed by atoms with E-state index in [1.54, 1.807) is 23.1 Å². The number of benzene rings is 2. The molecule has 0 fully saturated rings. The maximum Gasteiger partial charge on any atom is 0.230 e. The summed E-state index contributed by atoms with van der Waals surface area (Å²) in [5, 5.41) is 13.8. The highest BCUT2D eigenvalue weighted by Crippen LogP contribution is 2.29. The van der Waals surface area contributed by atoms with Crippen molar-refractivity contribution >= 4 is 51.5 Å². The second-order valence-electron chi connectivity index (χ2n) is 6.18. The van der Waals surface area contributed by atoms with Crippen LogP contribution in [0.3, 0.4) is 0 Å². The van der Waals surface area contributed by atoms with E-state index in [2.05, 4.69) is 46.7 Å². The number of aromatic nitrogens is 2. The van der Waals surface area contributed by atoms with Crippen LogP contribution in [0.1, 0.15) is 38.3 Å². The molecule has 0 aliphatic rings. The van der Waals surface area contributed by atoms with Crippen molar-refractivity contribution in [2.75, 3.05) is 11.5 Å². The summed E-state index contributed by atoms with van der Waals surface area (Å²) < 4.78 is 1.83. The van der Waals surface area contributed by atoms with E-state index in [1.807, 2.05) is 25.1 Å². The normalized spacial score (nSPS) is 12.2. The lowest BCUT2D eigenvalue weighted by atomic mass is 10.00. The van der Waals surface area contributed by atoms with Gasteiger partial charge in [-0.25, -0.2) is 0 Å². The Labute approximate surface area is 172 Å². The van der Waals surface area contributed by atoms with Crippen molar-refractivity contribution in [1.29, 1.82) is 0 Å². The number of hydrogen-bond donors (Lipinski definition) is 1. The van der Waals surface area contributed by atoms with Gasteiger partial charge < -0.3 is 5.32 Å². The topological polar surface area (TPSA) is 54.9 Å². The van der Waals surface area contributed by atoms with Gasteiger partial charge in [0.15, 0.2) is 8.68 Å². The molecule has 0 unspecified atom stereocenters. The predicted octanol–water partition coefficient (Wildman–Crippen LogP) is 5.55. The summed E-state index contributed by atoms with van der Waals surface area (Å²) in [6, 6.07) is 14.4. The Balaban J connectivity index is 1.53. The van der Waals surface area contributed by atoms with Crippen molar-refractivity contribution in [3.63, 3.8) is 0 Å². The molecule has 0 aliphatic carbocycles. The monoisotopic (exact) mass is 417 g/mol. The van der Waals surface area contributed by atoms with Crippen LogP contribution >= 0.6 is 34.9 Å². The van der Waals surface area contributed by atoms with Gasteiger partial charge in [-0.05, 0) is 29.7 Å². The van der Waals surface area contributed by atoms with Crippen LogP contribution in [-0.2, 0) is 4.79 Å². The molecule has 0 bridgehead atoms. The van der Waals surface area contributed by atoms with Gasteiger partial charge in [0.25, 0.3) is 0 Å². The molecule has 0 aliphatic heterocycles. The number of rotatable bonds is 9. The lowest BCUT2D eigenvalue weighted by Gasteiger charge is -2.16. The van der Waals surface area contributed by atoms with Crippen LogP contribution in [-0.4, -0.2) is 27.6 Å². The zero-order valence-electron chi connectivity index (χ0n) is 15.5. The number of amides is 1. The Morgan fingerprint density at radius 3 is 2.67 bits per heavy atom. The van der Waals surface area contributed by atoms with Crippen molar-refractivity contribution in [3.8, 4) is 0 Å². The van der Waals surface area contributed by atoms with Crippen LogP contribution in [0, 0.1) is 0 Å². The van der Waals surface area contributed by atoms with Gasteiger partial charge in [-0.3, -0.25) is 4.79 Å². The van der Waals surface area contributed by atoms with E-state index in [0.717, 1.165) is 20.0 Å². The summed E-state index contributed by atoms with van der Waals surface area (Å²) in [4.78, 5) is 12.4. The van der Waals surface area contributed by atoms with E-state index < -0.39 is 0 Å². The van der Waals surface area contributed by atoms with E-state index in [9.17, 15) is 4.79 Å². The first kappa shape index (κ1) is 20.2. The average molecular weight is 418 g/mol. The van der Waals surface area contributed by atoms with Gasteiger partial charge in [0.2, 0.25) is 5.91 Å². The minimum absolute atomic E-state index is 0.0100. The molecule has 0 saturated carbocycles. The summed E-state index contributed by atoms with van der Waals surface area (Å²) in [7, 11) is 0. The van der Waals surface area contributed by atoms with Gasteiger partial charge in [-0.2, -0.15) is 0 Å². The van der Waals surface area contributed by atoms with Crippen molar-refractivity contribution < 1.29 is 4.79 Å². The molecule has 1 aromatic heterocycles. The number of hydrogen-bond acceptors (Lipinski definition) is 6. The molecular weight excluding hydrogens is 394 g/mol. The standard InChI is InChI=1S/C20H23N3OS3/c1-3-4-12-25-19-22-23-20(27-19)26-13-18(24)21-14(2)16-11-7-9-15-8-5-6-10-17(15)16/h5-11,14H,3-4,12-13H2,1-2H3,(H,21,24)/t14-/m1/s1. The first-order chi connectivity index (χ1) is 13.2. The van der Waals surface area contributed by atoms with Gasteiger partial charge in [-0.1, -0.05) is 90.7 Å². The second kappa shape index (κ2) is 10.1. The van der Waals surface area contributed by atoms with Gasteiger partial charge in [0.05, 0.1) is 11.8 Å². The van der Waals surface area contributed by atoms with Gasteiger partial charge in [-0.15, -0.1) is 10.2 Å². The van der Waals surface area contributed by atoms with E-state index in [-0.39, 0.29) is 11.9 Å². The van der Waals surface area contributed by atoms with Crippen LogP contribution in [0.25, 0.3) is 10.8 Å². The summed E-state index contributed by atoms with van der Waals surface area (Å²) in [5.74, 6) is 1.43. The molecule has 27 heavy (non-hydrogen) atoms. The van der Waals surface area contributed by atoms with Crippen LogP contribution in [0.4, 0.5) is 0 Å². The second-order valence-corrected chi connectivity index (χ2v) is 9.72. The number of carbonyl (C=O) groups is 1. The smallest absolute Gasteiger partial charge is 0.230 e. The summed E-state index contributed by atoms with van der Waals surface area (Å²) in [5.41, 5.74) is 1.14. The molecule has 1 N–H and O–H groups in total. The zero-order chi connectivity index (χ0) is 19.1. The highest BCUT2D eigenvalue weighted by atomic mass is 32.2. The van der Waals surface area contributed by atoms with Gasteiger partial charge >= 0.3 is 0 Å². The number of thioether (sulfide) groups is 2. The largest absolute Gasteiger partial charge is 0.349 e. The Hall–Kier alpha value is -1.57. The van der Waals surface area contributed by atoms with E-state index >= 15 is 0 Å². The third kappa shape index (κ3) is 5.70. The number of carbonyl (C=O) groups excluding carboxylic acids is 1. The number of nitrogens with zero attached hydrogens (tertiary/aromatic N) is 2. The molecule has 142 valence electrons. The average Bonchev–Trinajstić information content (AvgIpc) is 3.14. The lowest BCUT2D eigenvalue weighted by molar-refractivity contribution is -0.119. The van der Waals surface area contributed by atoms with Gasteiger partial charge in [0, 0.05) is 5.75 Å². The van der Waals surface area contributed by atoms with Crippen molar-refractivity contribution in [2.45, 2.75) is 41.4 Å². The molecule has 2 aromatic carbocycles. The summed E-state index contributed by atoms with van der Waals surface area (Å²) in [6.07, 6.45) is 2.36. The summed E-state index contributed by atoms with van der Waals surface area (Å²) >= 11 is 4.76. The quantitative estimate of drug-likeness (QED) is 0.365. The molecule has 4 nitrogen and oxygen atoms in total. The van der Waals surface area contributed by atoms with Crippen LogP contribution in [0.5, 0.6) is 0 Å². The van der Waals surface area contributed by atoms with Crippen LogP contribution in [0.15, 0.2) is 51.1 Å². The molecule has 0 saturated heterocycles. The van der Waals surface area contributed by atoms with E-state index in [4.69, 9.17) is 0 Å². The minimum Gasteiger partial charge on any atom is -0.349 e. The number of unbranched alkanes of at least 4 members (excludes halogenated alkanes) is 1. The van der Waals surface area contributed by atoms with Crippen molar-refractivity contribution in [1.82, 2.24) is 15.5 Å². The Morgan fingerprint density at radius 1 is 1.11 bits per heavy atom. The minimum atomic E-state index is -0.0428. The fraction of sp³-hybridized carbons (Fsp3) is 0.350. The van der Waals surface area contributed by atoms with Crippen molar-refractivity contribution in [3.05, 3.63) is 48.0 Å². The Morgan fingerprint density at radius 2 is 1.85 bits per heavy atom.